The average Bonchev–Trinajstić information content (AvgIpc) is 2.16. The summed E-state index contributed by atoms with van der Waals surface area (Å²) in [5.74, 6) is -0.784. The van der Waals surface area contributed by atoms with Crippen LogP contribution in [0.2, 0.25) is 0 Å². The first kappa shape index (κ1) is 12.4. The molecule has 5 heteroatoms. The summed E-state index contributed by atoms with van der Waals surface area (Å²) in [6, 6.07) is 5.84. The zero-order chi connectivity index (χ0) is 12.0. The van der Waals surface area contributed by atoms with E-state index in [1.54, 1.807) is 24.1 Å². The summed E-state index contributed by atoms with van der Waals surface area (Å²) in [5.41, 5.74) is 0. The molecule has 0 saturated heterocycles. The third-order valence-electron chi connectivity index (χ3n) is 1.94. The second kappa shape index (κ2) is 6.07. The van der Waals surface area contributed by atoms with Crippen LogP contribution in [-0.2, 0) is 4.79 Å². The van der Waals surface area contributed by atoms with Crippen molar-refractivity contribution in [2.75, 3.05) is 26.7 Å². The lowest BCUT2D eigenvalue weighted by molar-refractivity contribution is -0.138. The molecule has 1 aromatic carbocycles. The van der Waals surface area contributed by atoms with E-state index in [9.17, 15) is 9.18 Å². The van der Waals surface area contributed by atoms with Gasteiger partial charge in [-0.05, 0) is 19.2 Å². The fourth-order valence-electron chi connectivity index (χ4n) is 1.19. The molecule has 0 unspecified atom stereocenters. The van der Waals surface area contributed by atoms with Crippen molar-refractivity contribution < 1.29 is 19.0 Å². The van der Waals surface area contributed by atoms with Crippen LogP contribution in [0.4, 0.5) is 4.39 Å². The highest BCUT2D eigenvalue weighted by atomic mass is 19.1. The predicted molar refractivity (Wildman–Crippen MR) is 57.0 cm³/mol. The third kappa shape index (κ3) is 4.75. The molecule has 1 rings (SSSR count). The molecule has 0 spiro atoms. The molecule has 0 amide bonds. The van der Waals surface area contributed by atoms with E-state index in [-0.39, 0.29) is 12.4 Å². The van der Waals surface area contributed by atoms with Gasteiger partial charge in [0, 0.05) is 12.6 Å². The minimum atomic E-state index is -0.881. The first-order chi connectivity index (χ1) is 7.58. The molecule has 1 N–H and O–H groups in total. The van der Waals surface area contributed by atoms with Gasteiger partial charge in [0.2, 0.25) is 0 Å². The van der Waals surface area contributed by atoms with E-state index in [1.807, 2.05) is 0 Å². The number of carbonyl (C=O) groups is 1. The molecule has 0 fully saturated rings. The van der Waals surface area contributed by atoms with Crippen molar-refractivity contribution in [3.05, 3.63) is 30.1 Å². The molecule has 0 aliphatic rings. The van der Waals surface area contributed by atoms with E-state index >= 15 is 0 Å². The number of carboxylic acid groups (broad SMARTS) is 1. The molecular formula is C11H14FNO3. The number of ether oxygens (including phenoxy) is 1. The molecule has 0 aliphatic carbocycles. The zero-order valence-electron chi connectivity index (χ0n) is 9.02. The highest BCUT2D eigenvalue weighted by molar-refractivity contribution is 5.68. The predicted octanol–water partition coefficient (Wildman–Crippen LogP) is 1.22. The lowest BCUT2D eigenvalue weighted by atomic mass is 10.3. The molecule has 0 aliphatic heterocycles. The Bertz CT molecular complexity index is 357. The van der Waals surface area contributed by atoms with Crippen molar-refractivity contribution in [3.63, 3.8) is 0 Å². The van der Waals surface area contributed by atoms with Crippen molar-refractivity contribution in [2.24, 2.45) is 0 Å². The summed E-state index contributed by atoms with van der Waals surface area (Å²) in [5, 5.41) is 8.50. The quantitative estimate of drug-likeness (QED) is 0.794. The van der Waals surface area contributed by atoms with E-state index in [1.165, 1.54) is 12.1 Å². The maximum absolute atomic E-state index is 12.8. The molecule has 88 valence electrons. The Morgan fingerprint density at radius 2 is 2.31 bits per heavy atom. The highest BCUT2D eigenvalue weighted by Gasteiger charge is 2.04. The Kier molecular flexibility index (Phi) is 4.72. The second-order valence-electron chi connectivity index (χ2n) is 3.44. The average molecular weight is 227 g/mol. The van der Waals surface area contributed by atoms with E-state index in [0.717, 1.165) is 0 Å². The van der Waals surface area contributed by atoms with Gasteiger partial charge in [0.15, 0.2) is 0 Å². The van der Waals surface area contributed by atoms with Crippen LogP contribution < -0.4 is 4.74 Å². The van der Waals surface area contributed by atoms with Gasteiger partial charge >= 0.3 is 5.97 Å². The number of nitrogens with zero attached hydrogens (tertiary/aromatic N) is 1. The minimum absolute atomic E-state index is 0.0352. The van der Waals surface area contributed by atoms with Crippen molar-refractivity contribution >= 4 is 5.97 Å². The minimum Gasteiger partial charge on any atom is -0.492 e. The maximum Gasteiger partial charge on any atom is 0.317 e. The van der Waals surface area contributed by atoms with Crippen LogP contribution in [0, 0.1) is 5.82 Å². The maximum atomic E-state index is 12.8. The molecular weight excluding hydrogens is 213 g/mol. The van der Waals surface area contributed by atoms with Crippen LogP contribution >= 0.6 is 0 Å². The molecule has 1 aromatic rings. The number of hydrogen-bond acceptors (Lipinski definition) is 3. The molecule has 16 heavy (non-hydrogen) atoms. The molecule has 0 heterocycles. The van der Waals surface area contributed by atoms with Gasteiger partial charge in [-0.3, -0.25) is 9.69 Å². The Labute approximate surface area is 93.3 Å². The molecule has 0 aromatic heterocycles. The summed E-state index contributed by atoms with van der Waals surface area (Å²) in [6.45, 7) is 0.766. The van der Waals surface area contributed by atoms with Gasteiger partial charge in [-0.25, -0.2) is 4.39 Å². The number of carboxylic acids is 1. The Morgan fingerprint density at radius 3 is 2.94 bits per heavy atom. The fraction of sp³-hybridized carbons (Fsp3) is 0.364. The monoisotopic (exact) mass is 227 g/mol. The van der Waals surface area contributed by atoms with Gasteiger partial charge in [-0.15, -0.1) is 0 Å². The molecule has 4 nitrogen and oxygen atoms in total. The summed E-state index contributed by atoms with van der Waals surface area (Å²) < 4.78 is 18.0. The lowest BCUT2D eigenvalue weighted by Gasteiger charge is -2.14. The van der Waals surface area contributed by atoms with Crippen LogP contribution in [0.5, 0.6) is 5.75 Å². The van der Waals surface area contributed by atoms with Crippen molar-refractivity contribution in [2.45, 2.75) is 0 Å². The van der Waals surface area contributed by atoms with Gasteiger partial charge in [0.1, 0.15) is 18.2 Å². The fourth-order valence-corrected chi connectivity index (χ4v) is 1.19. The lowest BCUT2D eigenvalue weighted by Crippen LogP contribution is -2.29. The Balaban J connectivity index is 2.27. The number of rotatable bonds is 6. The van der Waals surface area contributed by atoms with Gasteiger partial charge in [-0.1, -0.05) is 6.07 Å². The van der Waals surface area contributed by atoms with E-state index < -0.39 is 5.97 Å². The van der Waals surface area contributed by atoms with Crippen molar-refractivity contribution in [1.82, 2.24) is 4.90 Å². The Morgan fingerprint density at radius 1 is 1.56 bits per heavy atom. The molecule has 0 atom stereocenters. The second-order valence-corrected chi connectivity index (χ2v) is 3.44. The van der Waals surface area contributed by atoms with E-state index in [2.05, 4.69) is 0 Å². The van der Waals surface area contributed by atoms with E-state index in [0.29, 0.717) is 18.9 Å². The third-order valence-corrected chi connectivity index (χ3v) is 1.94. The number of benzene rings is 1. The first-order valence-electron chi connectivity index (χ1n) is 4.86. The van der Waals surface area contributed by atoms with Crippen LogP contribution in [0.3, 0.4) is 0 Å². The highest BCUT2D eigenvalue weighted by Crippen LogP contribution is 2.11. The summed E-state index contributed by atoms with van der Waals surface area (Å²) in [6.07, 6.45) is 0. The summed E-state index contributed by atoms with van der Waals surface area (Å²) in [4.78, 5) is 12.0. The largest absolute Gasteiger partial charge is 0.492 e. The SMILES string of the molecule is CN(CCOc1cccc(F)c1)CC(=O)O. The van der Waals surface area contributed by atoms with Crippen LogP contribution in [0.15, 0.2) is 24.3 Å². The number of hydrogen-bond donors (Lipinski definition) is 1. The van der Waals surface area contributed by atoms with Gasteiger partial charge in [0.25, 0.3) is 0 Å². The Hall–Kier alpha value is -1.62. The number of aliphatic carboxylic acids is 1. The van der Waals surface area contributed by atoms with Crippen LogP contribution in [0.25, 0.3) is 0 Å². The smallest absolute Gasteiger partial charge is 0.317 e. The summed E-state index contributed by atoms with van der Waals surface area (Å²) >= 11 is 0. The molecule has 0 bridgehead atoms. The normalized spacial score (nSPS) is 10.4. The van der Waals surface area contributed by atoms with Crippen LogP contribution in [0.1, 0.15) is 0 Å². The van der Waals surface area contributed by atoms with Gasteiger partial charge in [0.05, 0.1) is 6.54 Å². The molecule has 0 saturated carbocycles. The summed E-state index contributed by atoms with van der Waals surface area (Å²) in [7, 11) is 1.68. The van der Waals surface area contributed by atoms with Crippen molar-refractivity contribution in [1.29, 1.82) is 0 Å². The van der Waals surface area contributed by atoms with Crippen LogP contribution in [-0.4, -0.2) is 42.7 Å². The zero-order valence-corrected chi connectivity index (χ0v) is 9.02. The van der Waals surface area contributed by atoms with Gasteiger partial charge < -0.3 is 9.84 Å². The standard InChI is InChI=1S/C11H14FNO3/c1-13(8-11(14)15)5-6-16-10-4-2-3-9(12)7-10/h2-4,7H,5-6,8H2,1H3,(H,14,15). The first-order valence-corrected chi connectivity index (χ1v) is 4.86. The number of likely N-dealkylation sites (N-methyl/N-ethyl adjacent to an activating group) is 1. The van der Waals surface area contributed by atoms with Crippen molar-refractivity contribution in [3.8, 4) is 5.75 Å². The van der Waals surface area contributed by atoms with Gasteiger partial charge in [-0.2, -0.15) is 0 Å². The molecule has 0 radical (unpaired) electrons. The number of halogens is 1. The topological polar surface area (TPSA) is 49.8 Å². The van der Waals surface area contributed by atoms with E-state index in [4.69, 9.17) is 9.84 Å².